The molecule has 0 saturated carbocycles. The summed E-state index contributed by atoms with van der Waals surface area (Å²) in [6.07, 6.45) is 5.58. The molecular formula is C29H17N7. The van der Waals surface area contributed by atoms with E-state index in [1.165, 1.54) is 0 Å². The molecule has 0 saturated heterocycles. The van der Waals surface area contributed by atoms with Crippen LogP contribution in [0, 0.1) is 0 Å². The van der Waals surface area contributed by atoms with E-state index in [-0.39, 0.29) is 0 Å². The van der Waals surface area contributed by atoms with Gasteiger partial charge in [0.1, 0.15) is 0 Å². The number of aromatic nitrogens is 7. The van der Waals surface area contributed by atoms with Gasteiger partial charge in [0.05, 0.1) is 40.7 Å². The summed E-state index contributed by atoms with van der Waals surface area (Å²) in [6, 6.07) is 28.4. The first-order valence-electron chi connectivity index (χ1n) is 11.7. The standard InChI is InChI=1S/C29H17N7/c1-3-8-18(9-4-1)27-32-28(19-10-5-2-6-11-19)34-29(33-27)35-22-13-7-12-20-21-14-15-31-36(21)24-17-30-16-23(35)26(24)25(20)22/h1-17H. The Hall–Kier alpha value is -5.17. The molecule has 5 heterocycles. The van der Waals surface area contributed by atoms with Gasteiger partial charge in [0.2, 0.25) is 5.95 Å². The number of fused-ring (bicyclic) bond motifs is 3. The normalized spacial score (nSPS) is 11.9. The van der Waals surface area contributed by atoms with Crippen LogP contribution in [0.25, 0.3) is 66.9 Å². The van der Waals surface area contributed by atoms with Gasteiger partial charge in [-0.2, -0.15) is 15.1 Å². The third kappa shape index (κ3) is 2.59. The second kappa shape index (κ2) is 7.16. The number of pyridine rings is 2. The van der Waals surface area contributed by atoms with E-state index in [4.69, 9.17) is 15.0 Å². The number of rotatable bonds is 3. The van der Waals surface area contributed by atoms with Gasteiger partial charge in [-0.3, -0.25) is 9.55 Å². The Balaban J connectivity index is 1.52. The van der Waals surface area contributed by atoms with Crippen LogP contribution in [0.15, 0.2) is 104 Å². The highest BCUT2D eigenvalue weighted by molar-refractivity contribution is 6.26. The summed E-state index contributed by atoms with van der Waals surface area (Å²) in [5, 5.41) is 7.96. The van der Waals surface area contributed by atoms with Crippen molar-refractivity contribution in [3.05, 3.63) is 104 Å². The molecule has 36 heavy (non-hydrogen) atoms. The number of nitrogens with zero attached hydrogens (tertiary/aromatic N) is 7. The first kappa shape index (κ1) is 19.2. The van der Waals surface area contributed by atoms with Gasteiger partial charge in [-0.1, -0.05) is 72.8 Å². The highest BCUT2D eigenvalue weighted by Gasteiger charge is 2.22. The molecule has 0 unspecified atom stereocenters. The SMILES string of the molecule is c1ccc(-c2nc(-c3ccccc3)nc(-n3c4cccc5c4c4c3cncc4n3nccc53)n2)cc1. The maximum Gasteiger partial charge on any atom is 0.238 e. The molecule has 8 rings (SSSR count). The maximum atomic E-state index is 4.98. The molecule has 0 atom stereocenters. The van der Waals surface area contributed by atoms with Crippen LogP contribution in [0.4, 0.5) is 0 Å². The van der Waals surface area contributed by atoms with Crippen LogP contribution in [0.5, 0.6) is 0 Å². The van der Waals surface area contributed by atoms with Crippen LogP contribution >= 0.6 is 0 Å². The average molecular weight is 464 g/mol. The lowest BCUT2D eigenvalue weighted by Crippen LogP contribution is -2.06. The Morgan fingerprint density at radius 1 is 0.528 bits per heavy atom. The van der Waals surface area contributed by atoms with Crippen LogP contribution in [0.2, 0.25) is 0 Å². The molecule has 5 aromatic heterocycles. The summed E-state index contributed by atoms with van der Waals surface area (Å²) in [5.74, 6) is 1.80. The zero-order chi connectivity index (χ0) is 23.6. The largest absolute Gasteiger partial charge is 0.276 e. The minimum absolute atomic E-state index is 0.554. The van der Waals surface area contributed by atoms with Gasteiger partial charge in [0.15, 0.2) is 11.6 Å². The molecule has 0 aliphatic carbocycles. The van der Waals surface area contributed by atoms with Crippen molar-refractivity contribution in [2.75, 3.05) is 0 Å². The van der Waals surface area contributed by atoms with Crippen LogP contribution in [-0.2, 0) is 0 Å². The first-order chi connectivity index (χ1) is 17.9. The van der Waals surface area contributed by atoms with Gasteiger partial charge >= 0.3 is 0 Å². The highest BCUT2D eigenvalue weighted by Crippen LogP contribution is 2.39. The molecule has 0 bridgehead atoms. The van der Waals surface area contributed by atoms with Crippen molar-refractivity contribution in [2.45, 2.75) is 0 Å². The molecule has 168 valence electrons. The van der Waals surface area contributed by atoms with Crippen molar-refractivity contribution in [2.24, 2.45) is 0 Å². The third-order valence-corrected chi connectivity index (χ3v) is 6.71. The molecule has 7 heteroatoms. The lowest BCUT2D eigenvalue weighted by molar-refractivity contribution is 0.951. The Morgan fingerprint density at radius 3 is 1.94 bits per heavy atom. The molecule has 0 amide bonds. The lowest BCUT2D eigenvalue weighted by Gasteiger charge is -2.10. The zero-order valence-electron chi connectivity index (χ0n) is 18.9. The lowest BCUT2D eigenvalue weighted by atomic mass is 10.1. The highest BCUT2D eigenvalue weighted by atomic mass is 15.2. The molecule has 0 radical (unpaired) electrons. The van der Waals surface area contributed by atoms with Crippen LogP contribution < -0.4 is 0 Å². The third-order valence-electron chi connectivity index (χ3n) is 6.71. The van der Waals surface area contributed by atoms with Gasteiger partial charge in [-0.15, -0.1) is 0 Å². The molecule has 8 aromatic rings. The zero-order valence-corrected chi connectivity index (χ0v) is 18.9. The van der Waals surface area contributed by atoms with Crippen LogP contribution in [-0.4, -0.2) is 34.1 Å². The van der Waals surface area contributed by atoms with Crippen LogP contribution in [0.3, 0.4) is 0 Å². The average Bonchev–Trinajstić information content (AvgIpc) is 3.58. The minimum Gasteiger partial charge on any atom is -0.276 e. The summed E-state index contributed by atoms with van der Waals surface area (Å²) >= 11 is 0. The number of hydrogen-bond donors (Lipinski definition) is 0. The fourth-order valence-electron chi connectivity index (χ4n) is 5.17. The van der Waals surface area contributed by atoms with Crippen molar-refractivity contribution in [1.82, 2.24) is 34.1 Å². The number of benzene rings is 3. The Labute approximate surface area is 204 Å². The fraction of sp³-hybridized carbons (Fsp3) is 0. The van der Waals surface area contributed by atoms with Gasteiger partial charge in [0.25, 0.3) is 0 Å². The van der Waals surface area contributed by atoms with Crippen molar-refractivity contribution < 1.29 is 0 Å². The summed E-state index contributed by atoms with van der Waals surface area (Å²) in [5.41, 5.74) is 5.82. The summed E-state index contributed by atoms with van der Waals surface area (Å²) in [6.45, 7) is 0. The molecule has 0 aliphatic heterocycles. The van der Waals surface area contributed by atoms with E-state index in [1.807, 2.05) is 89.8 Å². The Kier molecular flexibility index (Phi) is 3.81. The quantitative estimate of drug-likeness (QED) is 0.303. The molecule has 0 aliphatic rings. The van der Waals surface area contributed by atoms with Gasteiger partial charge in [0, 0.05) is 27.3 Å². The second-order valence-corrected chi connectivity index (χ2v) is 8.73. The summed E-state index contributed by atoms with van der Waals surface area (Å²) in [7, 11) is 0. The molecule has 0 spiro atoms. The minimum atomic E-state index is 0.554. The Morgan fingerprint density at radius 2 is 1.22 bits per heavy atom. The van der Waals surface area contributed by atoms with E-state index in [1.54, 1.807) is 0 Å². The topological polar surface area (TPSA) is 73.8 Å². The summed E-state index contributed by atoms with van der Waals surface area (Å²) < 4.78 is 4.05. The Bertz CT molecular complexity index is 1900. The van der Waals surface area contributed by atoms with E-state index in [0.29, 0.717) is 17.6 Å². The van der Waals surface area contributed by atoms with E-state index in [0.717, 1.165) is 49.4 Å². The fourth-order valence-corrected chi connectivity index (χ4v) is 5.17. The van der Waals surface area contributed by atoms with Gasteiger partial charge < -0.3 is 0 Å². The van der Waals surface area contributed by atoms with E-state index in [9.17, 15) is 0 Å². The second-order valence-electron chi connectivity index (χ2n) is 8.73. The van der Waals surface area contributed by atoms with Crippen molar-refractivity contribution in [1.29, 1.82) is 0 Å². The van der Waals surface area contributed by atoms with Crippen molar-refractivity contribution >= 4 is 38.2 Å². The molecule has 0 N–H and O–H groups in total. The predicted octanol–water partition coefficient (Wildman–Crippen LogP) is 5.94. The van der Waals surface area contributed by atoms with E-state index in [2.05, 4.69) is 32.8 Å². The monoisotopic (exact) mass is 463 g/mol. The predicted molar refractivity (Wildman–Crippen MR) is 140 cm³/mol. The van der Waals surface area contributed by atoms with Crippen molar-refractivity contribution in [3.63, 3.8) is 0 Å². The van der Waals surface area contributed by atoms with Gasteiger partial charge in [-0.25, -0.2) is 9.50 Å². The molecule has 0 fully saturated rings. The van der Waals surface area contributed by atoms with Crippen LogP contribution in [0.1, 0.15) is 0 Å². The smallest absolute Gasteiger partial charge is 0.238 e. The molecular weight excluding hydrogens is 446 g/mol. The van der Waals surface area contributed by atoms with Crippen molar-refractivity contribution in [3.8, 4) is 28.7 Å². The maximum absolute atomic E-state index is 4.98. The van der Waals surface area contributed by atoms with E-state index < -0.39 is 0 Å². The first-order valence-corrected chi connectivity index (χ1v) is 11.7. The molecule has 7 nitrogen and oxygen atoms in total. The van der Waals surface area contributed by atoms with E-state index >= 15 is 0 Å². The number of hydrogen-bond acceptors (Lipinski definition) is 5. The molecule has 3 aromatic carbocycles. The summed E-state index contributed by atoms with van der Waals surface area (Å²) in [4.78, 5) is 19.4. The van der Waals surface area contributed by atoms with Gasteiger partial charge in [-0.05, 0) is 12.1 Å².